The van der Waals surface area contributed by atoms with Crippen LogP contribution in [0.4, 0.5) is 13.2 Å². The van der Waals surface area contributed by atoms with Crippen molar-refractivity contribution in [2.45, 2.75) is 52.8 Å². The van der Waals surface area contributed by atoms with Crippen LogP contribution in [0.15, 0.2) is 47.0 Å². The van der Waals surface area contributed by atoms with E-state index >= 15 is 0 Å². The lowest BCUT2D eigenvalue weighted by atomic mass is 10.0. The molecule has 0 radical (unpaired) electrons. The molecule has 2 atom stereocenters. The van der Waals surface area contributed by atoms with Gasteiger partial charge >= 0.3 is 6.18 Å². The minimum atomic E-state index is -4.61. The van der Waals surface area contributed by atoms with E-state index < -0.39 is 11.7 Å². The number of benzene rings is 2. The predicted octanol–water partition coefficient (Wildman–Crippen LogP) is 7.70. The van der Waals surface area contributed by atoms with E-state index in [2.05, 4.69) is 9.97 Å². The van der Waals surface area contributed by atoms with Gasteiger partial charge in [0, 0.05) is 40.2 Å². The summed E-state index contributed by atoms with van der Waals surface area (Å²) in [5.74, 6) is 0.475. The Morgan fingerprint density at radius 3 is 2.60 bits per heavy atom. The van der Waals surface area contributed by atoms with Crippen LogP contribution in [0.25, 0.3) is 33.6 Å². The number of nitrogens with zero attached hydrogens (tertiary/aromatic N) is 1. The molecule has 4 aromatic rings. The molecule has 8 heteroatoms. The summed E-state index contributed by atoms with van der Waals surface area (Å²) >= 11 is 0. The lowest BCUT2D eigenvalue weighted by Gasteiger charge is -2.23. The second-order valence-electron chi connectivity index (χ2n) is 8.65. The van der Waals surface area contributed by atoms with Gasteiger partial charge in [-0.25, -0.2) is 4.98 Å². The normalized spacial score (nSPS) is 13.7. The molecule has 0 saturated heterocycles. The fourth-order valence-electron chi connectivity index (χ4n) is 4.06. The molecule has 0 amide bonds. The number of hydrogen-bond acceptors (Lipinski definition) is 4. The number of aldehydes is 1. The lowest BCUT2D eigenvalue weighted by molar-refractivity contribution is -0.139. The summed E-state index contributed by atoms with van der Waals surface area (Å²) in [4.78, 5) is 19.2. The first-order chi connectivity index (χ1) is 16.7. The molecular formula is C27H27F3N2O3. The van der Waals surface area contributed by atoms with Crippen molar-refractivity contribution < 1.29 is 27.1 Å². The monoisotopic (exact) mass is 484 g/mol. The Labute approximate surface area is 201 Å². The van der Waals surface area contributed by atoms with Gasteiger partial charge in [-0.05, 0) is 37.1 Å². The number of carbonyl (C=O) groups excluding carboxylic acids is 1. The summed E-state index contributed by atoms with van der Waals surface area (Å²) in [6, 6.07) is 9.34. The molecule has 0 aliphatic carbocycles. The largest absolute Gasteiger partial charge is 0.490 e. The molecule has 2 heterocycles. The van der Waals surface area contributed by atoms with Gasteiger partial charge in [0.05, 0.1) is 11.7 Å². The number of carbonyl (C=O) groups is 1. The highest BCUT2D eigenvalue weighted by molar-refractivity contribution is 6.05. The lowest BCUT2D eigenvalue weighted by Crippen LogP contribution is -2.22. The van der Waals surface area contributed by atoms with E-state index in [0.29, 0.717) is 34.4 Å². The van der Waals surface area contributed by atoms with Crippen LogP contribution in [0.2, 0.25) is 0 Å². The van der Waals surface area contributed by atoms with Crippen LogP contribution in [0.5, 0.6) is 5.75 Å². The van der Waals surface area contributed by atoms with Gasteiger partial charge in [-0.1, -0.05) is 39.3 Å². The van der Waals surface area contributed by atoms with E-state index in [1.54, 1.807) is 13.1 Å². The Hall–Kier alpha value is -3.55. The third-order valence-electron chi connectivity index (χ3n) is 6.43. The van der Waals surface area contributed by atoms with E-state index in [1.807, 2.05) is 39.0 Å². The van der Waals surface area contributed by atoms with Gasteiger partial charge in [-0.2, -0.15) is 13.2 Å². The Morgan fingerprint density at radius 2 is 1.94 bits per heavy atom. The second kappa shape index (κ2) is 9.60. The topological polar surface area (TPSA) is 68.1 Å². The fourth-order valence-corrected chi connectivity index (χ4v) is 4.06. The van der Waals surface area contributed by atoms with Gasteiger partial charge in [-0.3, -0.25) is 4.79 Å². The number of H-pyrrole nitrogens is 1. The molecule has 0 saturated carbocycles. The van der Waals surface area contributed by atoms with Crippen molar-refractivity contribution in [3.05, 3.63) is 59.5 Å². The first-order valence-corrected chi connectivity index (χ1v) is 11.6. The zero-order chi connectivity index (χ0) is 25.3. The van der Waals surface area contributed by atoms with Crippen molar-refractivity contribution in [3.8, 4) is 28.5 Å². The molecule has 0 aliphatic rings. The standard InChI is InChI=1S/C27H27F3N2O3/c1-5-15(3)16(4)34-23-11-10-17(12-20(23)27(28,29)30)26-32-25(22(6-2)35-26)19-8-7-9-21-24(19)18(14-33)13-31-21/h7-16,31H,5-6H2,1-4H3. The number of halogens is 3. The molecule has 0 spiro atoms. The molecule has 184 valence electrons. The van der Waals surface area contributed by atoms with Gasteiger partial charge in [0.15, 0.2) is 6.29 Å². The zero-order valence-electron chi connectivity index (χ0n) is 20.0. The van der Waals surface area contributed by atoms with Gasteiger partial charge in [0.25, 0.3) is 0 Å². The number of aromatic nitrogens is 2. The van der Waals surface area contributed by atoms with E-state index in [9.17, 15) is 18.0 Å². The van der Waals surface area contributed by atoms with Gasteiger partial charge in [0.2, 0.25) is 5.89 Å². The van der Waals surface area contributed by atoms with Crippen molar-refractivity contribution in [1.29, 1.82) is 0 Å². The number of aromatic amines is 1. The SMILES string of the molecule is CCc1oc(-c2ccc(OC(C)C(C)CC)c(C(F)(F)F)c2)nc1-c1cccc2[nH]cc(C=O)c12. The number of hydrogen-bond donors (Lipinski definition) is 1. The van der Waals surface area contributed by atoms with Crippen molar-refractivity contribution in [2.24, 2.45) is 5.92 Å². The third kappa shape index (κ3) is 4.70. The Bertz CT molecular complexity index is 1350. The maximum atomic E-state index is 13.9. The highest BCUT2D eigenvalue weighted by Gasteiger charge is 2.36. The zero-order valence-corrected chi connectivity index (χ0v) is 20.0. The number of fused-ring (bicyclic) bond motifs is 1. The second-order valence-corrected chi connectivity index (χ2v) is 8.65. The predicted molar refractivity (Wildman–Crippen MR) is 129 cm³/mol. The molecule has 2 aromatic carbocycles. The number of alkyl halides is 3. The van der Waals surface area contributed by atoms with Crippen LogP contribution < -0.4 is 4.74 Å². The van der Waals surface area contributed by atoms with E-state index in [4.69, 9.17) is 9.15 Å². The first kappa shape index (κ1) is 24.6. The molecule has 0 bridgehead atoms. The van der Waals surface area contributed by atoms with Crippen LogP contribution in [-0.4, -0.2) is 22.4 Å². The Balaban J connectivity index is 1.81. The summed E-state index contributed by atoms with van der Waals surface area (Å²) in [5, 5.41) is 0.691. The average molecular weight is 485 g/mol. The van der Waals surface area contributed by atoms with Crippen molar-refractivity contribution in [2.75, 3.05) is 0 Å². The van der Waals surface area contributed by atoms with Gasteiger partial charge in [-0.15, -0.1) is 0 Å². The quantitative estimate of drug-likeness (QED) is 0.260. The number of aryl methyl sites for hydroxylation is 1. The molecule has 35 heavy (non-hydrogen) atoms. The Morgan fingerprint density at radius 1 is 1.17 bits per heavy atom. The van der Waals surface area contributed by atoms with Crippen molar-refractivity contribution >= 4 is 17.2 Å². The van der Waals surface area contributed by atoms with Crippen LogP contribution >= 0.6 is 0 Å². The molecule has 0 aliphatic heterocycles. The average Bonchev–Trinajstić information content (AvgIpc) is 3.47. The maximum Gasteiger partial charge on any atom is 0.419 e. The van der Waals surface area contributed by atoms with Crippen LogP contribution in [0.1, 0.15) is 55.8 Å². The number of rotatable bonds is 8. The number of nitrogens with one attached hydrogen (secondary N) is 1. The minimum Gasteiger partial charge on any atom is -0.490 e. The van der Waals surface area contributed by atoms with E-state index in [0.717, 1.165) is 24.3 Å². The number of ether oxygens (including phenoxy) is 1. The summed E-state index contributed by atoms with van der Waals surface area (Å²) in [7, 11) is 0. The van der Waals surface area contributed by atoms with Gasteiger partial charge < -0.3 is 14.1 Å². The molecule has 4 rings (SSSR count). The smallest absolute Gasteiger partial charge is 0.419 e. The summed E-state index contributed by atoms with van der Waals surface area (Å²) < 4.78 is 53.5. The maximum absolute atomic E-state index is 13.9. The molecule has 0 fully saturated rings. The molecular weight excluding hydrogens is 457 g/mol. The highest BCUT2D eigenvalue weighted by Crippen LogP contribution is 2.41. The minimum absolute atomic E-state index is 0.0732. The number of oxazole rings is 1. The van der Waals surface area contributed by atoms with Crippen molar-refractivity contribution in [1.82, 2.24) is 9.97 Å². The summed E-state index contributed by atoms with van der Waals surface area (Å²) in [5.41, 5.74) is 1.72. The van der Waals surface area contributed by atoms with Crippen LogP contribution in [-0.2, 0) is 12.6 Å². The van der Waals surface area contributed by atoms with Gasteiger partial charge in [0.1, 0.15) is 17.2 Å². The third-order valence-corrected chi connectivity index (χ3v) is 6.43. The van der Waals surface area contributed by atoms with E-state index in [1.165, 1.54) is 12.1 Å². The van der Waals surface area contributed by atoms with Crippen molar-refractivity contribution in [3.63, 3.8) is 0 Å². The molecule has 2 unspecified atom stereocenters. The van der Waals surface area contributed by atoms with Crippen LogP contribution in [0, 0.1) is 5.92 Å². The summed E-state index contributed by atoms with van der Waals surface area (Å²) in [6.07, 6.45) is -1.36. The molecule has 5 nitrogen and oxygen atoms in total. The van der Waals surface area contributed by atoms with Crippen LogP contribution in [0.3, 0.4) is 0 Å². The molecule has 1 N–H and O–H groups in total. The Kier molecular flexibility index (Phi) is 6.74. The summed E-state index contributed by atoms with van der Waals surface area (Å²) in [6.45, 7) is 7.55. The fraction of sp³-hybridized carbons (Fsp3) is 0.333. The first-order valence-electron chi connectivity index (χ1n) is 11.6. The van der Waals surface area contributed by atoms with E-state index in [-0.39, 0.29) is 29.2 Å². The molecule has 2 aromatic heterocycles. The highest BCUT2D eigenvalue weighted by atomic mass is 19.4.